The van der Waals surface area contributed by atoms with Gasteiger partial charge in [0.1, 0.15) is 12.6 Å². The lowest BCUT2D eigenvalue weighted by molar-refractivity contribution is -0.940. The fraction of sp³-hybridized carbons (Fsp3) is 0.652. The van der Waals surface area contributed by atoms with Gasteiger partial charge < -0.3 is 14.4 Å². The highest BCUT2D eigenvalue weighted by atomic mass is 16.6. The number of ether oxygens (including phenoxy) is 2. The van der Waals surface area contributed by atoms with E-state index in [1.807, 2.05) is 30.3 Å². The van der Waals surface area contributed by atoms with E-state index in [0.717, 1.165) is 18.4 Å². The number of hydrogen-bond acceptors (Lipinski definition) is 4. The molecule has 1 N–H and O–H groups in total. The van der Waals surface area contributed by atoms with Gasteiger partial charge in [-0.1, -0.05) is 30.3 Å². The molecule has 3 fully saturated rings. The third-order valence-corrected chi connectivity index (χ3v) is 6.83. The summed E-state index contributed by atoms with van der Waals surface area (Å²) in [5.41, 5.74) is 0.941. The van der Waals surface area contributed by atoms with E-state index in [2.05, 4.69) is 0 Å². The lowest BCUT2D eigenvalue weighted by atomic mass is 9.84. The molecule has 3 aliphatic heterocycles. The lowest BCUT2D eigenvalue weighted by Crippen LogP contribution is -3.18. The number of hydrogen-bond donors (Lipinski definition) is 1. The third kappa shape index (κ3) is 4.92. The second kappa shape index (κ2) is 9.61. The Hall–Kier alpha value is -2.08. The van der Waals surface area contributed by atoms with Crippen molar-refractivity contribution in [1.29, 1.82) is 0 Å². The molecule has 0 radical (unpaired) electrons. The summed E-state index contributed by atoms with van der Waals surface area (Å²) in [6, 6.07) is 9.74. The number of fused-ring (bicyclic) bond motifs is 1. The van der Waals surface area contributed by atoms with Gasteiger partial charge in [-0.15, -0.1) is 0 Å². The second-order valence-corrected chi connectivity index (χ2v) is 8.68. The number of carbonyl (C=O) groups excluding carboxylic acids is 2. The van der Waals surface area contributed by atoms with Crippen molar-refractivity contribution in [3.63, 3.8) is 0 Å². The highest BCUT2D eigenvalue weighted by Crippen LogP contribution is 2.23. The van der Waals surface area contributed by atoms with Gasteiger partial charge in [-0.3, -0.25) is 4.90 Å². The van der Waals surface area contributed by atoms with Crippen LogP contribution < -0.4 is 4.90 Å². The van der Waals surface area contributed by atoms with Crippen molar-refractivity contribution in [3.8, 4) is 0 Å². The van der Waals surface area contributed by atoms with E-state index in [1.165, 1.54) is 38.8 Å². The molecule has 3 heterocycles. The van der Waals surface area contributed by atoms with Crippen molar-refractivity contribution in [2.75, 3.05) is 26.2 Å². The molecule has 1 aromatic rings. The first-order valence-corrected chi connectivity index (χ1v) is 11.2. The molecule has 4 atom stereocenters. The molecule has 6 heteroatoms. The first-order valence-electron chi connectivity index (χ1n) is 11.2. The fourth-order valence-corrected chi connectivity index (χ4v) is 5.30. The van der Waals surface area contributed by atoms with Crippen molar-refractivity contribution in [2.24, 2.45) is 5.92 Å². The molecule has 1 aromatic carbocycles. The predicted molar refractivity (Wildman–Crippen MR) is 108 cm³/mol. The summed E-state index contributed by atoms with van der Waals surface area (Å²) in [5, 5.41) is 0. The van der Waals surface area contributed by atoms with Crippen LogP contribution in [-0.2, 0) is 20.9 Å². The van der Waals surface area contributed by atoms with Crippen LogP contribution in [0.5, 0.6) is 0 Å². The molecule has 0 bridgehead atoms. The van der Waals surface area contributed by atoms with Gasteiger partial charge >= 0.3 is 12.1 Å². The van der Waals surface area contributed by atoms with E-state index in [1.54, 1.807) is 9.80 Å². The smallest absolute Gasteiger partial charge is 0.410 e. The number of esters is 1. The maximum atomic E-state index is 12.8. The summed E-state index contributed by atoms with van der Waals surface area (Å²) in [7, 11) is 0. The number of rotatable bonds is 5. The quantitative estimate of drug-likeness (QED) is 0.769. The molecule has 1 unspecified atom stereocenters. The lowest BCUT2D eigenvalue weighted by Gasteiger charge is -2.41. The Labute approximate surface area is 173 Å². The standard InChI is InChI=1S/C23H32N2O4/c26-22(28-17-19-10-6-14-24-13-5-4-11-20(19)24)21-12-7-15-25(21)23(27)29-16-18-8-2-1-3-9-18/h1-3,8-9,19-21H,4-7,10-17H2/p+1/t19-,20+,21-/m1/s1. The van der Waals surface area contributed by atoms with E-state index >= 15 is 0 Å². The number of nitrogens with one attached hydrogen (secondary N) is 1. The van der Waals surface area contributed by atoms with Crippen molar-refractivity contribution >= 4 is 12.1 Å². The Morgan fingerprint density at radius 1 is 0.966 bits per heavy atom. The average molecular weight is 402 g/mol. The van der Waals surface area contributed by atoms with Crippen molar-refractivity contribution in [1.82, 2.24) is 4.90 Å². The molecular formula is C23H33N2O4+. The van der Waals surface area contributed by atoms with Gasteiger partial charge in [0.2, 0.25) is 0 Å². The van der Waals surface area contributed by atoms with E-state index < -0.39 is 12.1 Å². The first-order chi connectivity index (χ1) is 14.2. The van der Waals surface area contributed by atoms with Gasteiger partial charge in [-0.2, -0.15) is 0 Å². The zero-order chi connectivity index (χ0) is 20.1. The van der Waals surface area contributed by atoms with Crippen LogP contribution in [0, 0.1) is 5.92 Å². The molecular weight excluding hydrogens is 368 g/mol. The highest BCUT2D eigenvalue weighted by molar-refractivity contribution is 5.82. The number of nitrogens with zero attached hydrogens (tertiary/aromatic N) is 1. The van der Waals surface area contributed by atoms with Crippen LogP contribution in [0.2, 0.25) is 0 Å². The van der Waals surface area contributed by atoms with Gasteiger partial charge in [0.05, 0.1) is 25.7 Å². The molecule has 6 nitrogen and oxygen atoms in total. The highest BCUT2D eigenvalue weighted by Gasteiger charge is 2.39. The SMILES string of the molecule is O=C(OC[C@H]1CCC[NH+]2CCCC[C@@H]12)[C@H]1CCCN1C(=O)OCc1ccccc1. The average Bonchev–Trinajstić information content (AvgIpc) is 3.27. The minimum Gasteiger partial charge on any atom is -0.464 e. The zero-order valence-electron chi connectivity index (χ0n) is 17.2. The third-order valence-electron chi connectivity index (χ3n) is 6.83. The molecule has 3 saturated heterocycles. The van der Waals surface area contributed by atoms with E-state index in [0.29, 0.717) is 31.5 Å². The summed E-state index contributed by atoms with van der Waals surface area (Å²) >= 11 is 0. The molecule has 4 rings (SSSR count). The normalized spacial score (nSPS) is 29.2. The molecule has 3 aliphatic rings. The Morgan fingerprint density at radius 3 is 2.66 bits per heavy atom. The summed E-state index contributed by atoms with van der Waals surface area (Å²) < 4.78 is 11.2. The number of carbonyl (C=O) groups is 2. The molecule has 0 spiro atoms. The zero-order valence-corrected chi connectivity index (χ0v) is 17.2. The number of piperidine rings is 2. The Balaban J connectivity index is 1.27. The maximum Gasteiger partial charge on any atom is 0.410 e. The molecule has 1 amide bonds. The van der Waals surface area contributed by atoms with Gasteiger partial charge in [0.25, 0.3) is 0 Å². The largest absolute Gasteiger partial charge is 0.464 e. The van der Waals surface area contributed by atoms with Crippen LogP contribution in [0.15, 0.2) is 30.3 Å². The summed E-state index contributed by atoms with van der Waals surface area (Å²) in [6.45, 7) is 3.80. The van der Waals surface area contributed by atoms with Gasteiger partial charge in [0, 0.05) is 12.5 Å². The van der Waals surface area contributed by atoms with Gasteiger partial charge in [0.15, 0.2) is 0 Å². The molecule has 0 aromatic heterocycles. The summed E-state index contributed by atoms with van der Waals surface area (Å²) in [5.74, 6) is 0.199. The topological polar surface area (TPSA) is 60.3 Å². The molecule has 158 valence electrons. The second-order valence-electron chi connectivity index (χ2n) is 8.68. The number of amides is 1. The van der Waals surface area contributed by atoms with Crippen molar-refractivity contribution in [3.05, 3.63) is 35.9 Å². The van der Waals surface area contributed by atoms with Crippen LogP contribution in [0.25, 0.3) is 0 Å². The van der Waals surface area contributed by atoms with Gasteiger partial charge in [-0.25, -0.2) is 9.59 Å². The van der Waals surface area contributed by atoms with Crippen LogP contribution >= 0.6 is 0 Å². The molecule has 0 saturated carbocycles. The first kappa shape index (κ1) is 20.2. The van der Waals surface area contributed by atoms with Crippen LogP contribution in [0.1, 0.15) is 50.5 Å². The van der Waals surface area contributed by atoms with E-state index in [9.17, 15) is 9.59 Å². The number of quaternary nitrogens is 1. The Bertz CT molecular complexity index is 693. The number of benzene rings is 1. The fourth-order valence-electron chi connectivity index (χ4n) is 5.30. The Kier molecular flexibility index (Phi) is 6.70. The van der Waals surface area contributed by atoms with Crippen LogP contribution in [-0.4, -0.2) is 55.3 Å². The molecule has 0 aliphatic carbocycles. The predicted octanol–water partition coefficient (Wildman–Crippen LogP) is 2.18. The Morgan fingerprint density at radius 2 is 1.79 bits per heavy atom. The maximum absolute atomic E-state index is 12.8. The van der Waals surface area contributed by atoms with E-state index in [-0.39, 0.29) is 12.6 Å². The number of likely N-dealkylation sites (tertiary alicyclic amines) is 1. The monoisotopic (exact) mass is 401 g/mol. The van der Waals surface area contributed by atoms with Crippen LogP contribution in [0.4, 0.5) is 4.79 Å². The molecule has 29 heavy (non-hydrogen) atoms. The van der Waals surface area contributed by atoms with Crippen LogP contribution in [0.3, 0.4) is 0 Å². The van der Waals surface area contributed by atoms with Gasteiger partial charge in [-0.05, 0) is 50.5 Å². The van der Waals surface area contributed by atoms with Crippen molar-refractivity contribution < 1.29 is 24.0 Å². The summed E-state index contributed by atoms with van der Waals surface area (Å²) in [6.07, 6.45) is 7.27. The minimum absolute atomic E-state index is 0.223. The minimum atomic E-state index is -0.503. The van der Waals surface area contributed by atoms with Crippen molar-refractivity contribution in [2.45, 2.75) is 63.6 Å². The summed E-state index contributed by atoms with van der Waals surface area (Å²) in [4.78, 5) is 28.5. The van der Waals surface area contributed by atoms with E-state index in [4.69, 9.17) is 9.47 Å².